The second-order valence-electron chi connectivity index (χ2n) is 5.90. The number of hydrogen-bond acceptors (Lipinski definition) is 3. The lowest BCUT2D eigenvalue weighted by molar-refractivity contribution is 0.0165. The van der Waals surface area contributed by atoms with E-state index in [4.69, 9.17) is 4.74 Å². The fourth-order valence-electron chi connectivity index (χ4n) is 2.93. The van der Waals surface area contributed by atoms with Crippen LogP contribution in [-0.2, 0) is 11.3 Å². The molecular formula is C16H28N4O2. The van der Waals surface area contributed by atoms with Crippen LogP contribution in [0.3, 0.4) is 0 Å². The summed E-state index contributed by atoms with van der Waals surface area (Å²) in [5.74, 6) is 0. The summed E-state index contributed by atoms with van der Waals surface area (Å²) in [5.41, 5.74) is 2.20. The Morgan fingerprint density at radius 2 is 2.32 bits per heavy atom. The van der Waals surface area contributed by atoms with Gasteiger partial charge in [-0.15, -0.1) is 0 Å². The van der Waals surface area contributed by atoms with Crippen molar-refractivity contribution in [3.63, 3.8) is 0 Å². The molecule has 1 fully saturated rings. The number of urea groups is 1. The van der Waals surface area contributed by atoms with Gasteiger partial charge in [-0.2, -0.15) is 5.10 Å². The van der Waals surface area contributed by atoms with E-state index in [1.807, 2.05) is 23.4 Å². The molecule has 0 bridgehead atoms. The van der Waals surface area contributed by atoms with Gasteiger partial charge in [-0.05, 0) is 46.1 Å². The van der Waals surface area contributed by atoms with Gasteiger partial charge in [0.1, 0.15) is 0 Å². The molecule has 1 aromatic rings. The number of nitrogens with zero attached hydrogens (tertiary/aromatic N) is 3. The highest BCUT2D eigenvalue weighted by Crippen LogP contribution is 2.13. The van der Waals surface area contributed by atoms with E-state index >= 15 is 0 Å². The Morgan fingerprint density at radius 1 is 1.50 bits per heavy atom. The third-order valence-corrected chi connectivity index (χ3v) is 3.99. The first-order chi connectivity index (χ1) is 10.6. The summed E-state index contributed by atoms with van der Waals surface area (Å²) in [6, 6.07) is 2.10. The highest BCUT2D eigenvalue weighted by Gasteiger charge is 2.23. The predicted octanol–water partition coefficient (Wildman–Crippen LogP) is 2.10. The Morgan fingerprint density at radius 3 is 3.00 bits per heavy atom. The molecule has 6 heteroatoms. The van der Waals surface area contributed by atoms with E-state index in [-0.39, 0.29) is 12.1 Å². The van der Waals surface area contributed by atoms with E-state index in [9.17, 15) is 4.79 Å². The molecule has 1 aromatic heterocycles. The summed E-state index contributed by atoms with van der Waals surface area (Å²) < 4.78 is 7.62. The van der Waals surface area contributed by atoms with E-state index in [0.29, 0.717) is 19.7 Å². The minimum atomic E-state index is 0.0257. The maximum atomic E-state index is 12.2. The van der Waals surface area contributed by atoms with Gasteiger partial charge in [0.05, 0.1) is 11.8 Å². The monoisotopic (exact) mass is 308 g/mol. The van der Waals surface area contributed by atoms with Crippen LogP contribution in [0.25, 0.3) is 0 Å². The van der Waals surface area contributed by atoms with E-state index in [2.05, 4.69) is 23.4 Å². The molecule has 1 N–H and O–H groups in total. The zero-order valence-electron chi connectivity index (χ0n) is 14.0. The molecule has 0 saturated carbocycles. The minimum Gasteiger partial charge on any atom is -0.377 e. The largest absolute Gasteiger partial charge is 0.377 e. The van der Waals surface area contributed by atoms with Crippen LogP contribution in [-0.4, -0.2) is 53.1 Å². The van der Waals surface area contributed by atoms with Crippen LogP contribution < -0.4 is 5.32 Å². The average molecular weight is 308 g/mol. The normalized spacial score (nSPS) is 18.5. The molecular weight excluding hydrogens is 280 g/mol. The standard InChI is InChI=1S/C16H28N4O2/c1-4-22-15-7-5-9-19(12-15)16(21)17-8-6-10-20-14(3)11-13(2)18-20/h11,15H,4-10,12H2,1-3H3,(H,17,21). The third-order valence-electron chi connectivity index (χ3n) is 3.99. The number of rotatable bonds is 6. The van der Waals surface area contributed by atoms with Gasteiger partial charge in [0, 0.05) is 38.5 Å². The number of nitrogens with one attached hydrogen (secondary N) is 1. The molecule has 1 unspecified atom stereocenters. The van der Waals surface area contributed by atoms with E-state index in [1.54, 1.807) is 0 Å². The Bertz CT molecular complexity index is 484. The van der Waals surface area contributed by atoms with Crippen molar-refractivity contribution in [2.24, 2.45) is 0 Å². The van der Waals surface area contributed by atoms with Crippen LogP contribution in [0.1, 0.15) is 37.6 Å². The third kappa shape index (κ3) is 4.73. The van der Waals surface area contributed by atoms with Crippen molar-refractivity contribution in [3.05, 3.63) is 17.5 Å². The number of carbonyl (C=O) groups excluding carboxylic acids is 1. The summed E-state index contributed by atoms with van der Waals surface area (Å²) in [4.78, 5) is 14.0. The number of piperidine rings is 1. The second kappa shape index (κ2) is 8.17. The highest BCUT2D eigenvalue weighted by atomic mass is 16.5. The van der Waals surface area contributed by atoms with Crippen LogP contribution in [0, 0.1) is 13.8 Å². The van der Waals surface area contributed by atoms with Crippen LogP contribution in [0.2, 0.25) is 0 Å². The van der Waals surface area contributed by atoms with Crippen LogP contribution in [0.15, 0.2) is 6.07 Å². The van der Waals surface area contributed by atoms with Crippen molar-refractivity contribution in [1.29, 1.82) is 0 Å². The molecule has 0 spiro atoms. The first-order valence-electron chi connectivity index (χ1n) is 8.25. The van der Waals surface area contributed by atoms with Crippen LogP contribution >= 0.6 is 0 Å². The average Bonchev–Trinajstić information content (AvgIpc) is 2.82. The summed E-state index contributed by atoms with van der Waals surface area (Å²) in [6.45, 7) is 9.80. The topological polar surface area (TPSA) is 59.4 Å². The number of aryl methyl sites for hydroxylation is 3. The van der Waals surface area contributed by atoms with Gasteiger partial charge >= 0.3 is 6.03 Å². The van der Waals surface area contributed by atoms with Gasteiger partial charge in [-0.3, -0.25) is 4.68 Å². The number of amides is 2. The van der Waals surface area contributed by atoms with E-state index in [0.717, 1.165) is 38.0 Å². The predicted molar refractivity (Wildman–Crippen MR) is 85.9 cm³/mol. The van der Waals surface area contributed by atoms with Crippen LogP contribution in [0.4, 0.5) is 4.79 Å². The molecule has 1 atom stereocenters. The number of ether oxygens (including phenoxy) is 1. The molecule has 2 rings (SSSR count). The Hall–Kier alpha value is -1.56. The van der Waals surface area contributed by atoms with Crippen molar-refractivity contribution in [2.75, 3.05) is 26.2 Å². The number of likely N-dealkylation sites (tertiary alicyclic amines) is 1. The molecule has 1 aliphatic rings. The molecule has 6 nitrogen and oxygen atoms in total. The molecule has 0 radical (unpaired) electrons. The smallest absolute Gasteiger partial charge is 0.317 e. The first kappa shape index (κ1) is 16.8. The van der Waals surface area contributed by atoms with Crippen molar-refractivity contribution < 1.29 is 9.53 Å². The molecule has 1 aliphatic heterocycles. The lowest BCUT2D eigenvalue weighted by Crippen LogP contribution is -2.48. The minimum absolute atomic E-state index is 0.0257. The molecule has 2 amide bonds. The SMILES string of the molecule is CCOC1CCCN(C(=O)NCCCn2nc(C)cc2C)C1. The molecule has 124 valence electrons. The van der Waals surface area contributed by atoms with Crippen molar-refractivity contribution in [2.45, 2.75) is 52.7 Å². The van der Waals surface area contributed by atoms with Gasteiger partial charge in [0.15, 0.2) is 0 Å². The molecule has 22 heavy (non-hydrogen) atoms. The first-order valence-corrected chi connectivity index (χ1v) is 8.25. The summed E-state index contributed by atoms with van der Waals surface area (Å²) in [6.07, 6.45) is 3.15. The fraction of sp³-hybridized carbons (Fsp3) is 0.750. The zero-order chi connectivity index (χ0) is 15.9. The van der Waals surface area contributed by atoms with Crippen molar-refractivity contribution >= 4 is 6.03 Å². The van der Waals surface area contributed by atoms with Gasteiger partial charge in [-0.25, -0.2) is 4.79 Å². The quantitative estimate of drug-likeness (QED) is 0.819. The Balaban J connectivity index is 1.68. The number of aromatic nitrogens is 2. The number of carbonyl (C=O) groups is 1. The Kier molecular flexibility index (Phi) is 6.24. The van der Waals surface area contributed by atoms with Crippen molar-refractivity contribution in [1.82, 2.24) is 20.0 Å². The van der Waals surface area contributed by atoms with Gasteiger partial charge in [-0.1, -0.05) is 0 Å². The second-order valence-corrected chi connectivity index (χ2v) is 5.90. The highest BCUT2D eigenvalue weighted by molar-refractivity contribution is 5.74. The molecule has 0 aliphatic carbocycles. The van der Waals surface area contributed by atoms with Crippen LogP contribution in [0.5, 0.6) is 0 Å². The molecule has 2 heterocycles. The fourth-order valence-corrected chi connectivity index (χ4v) is 2.93. The Labute approximate surface area is 132 Å². The van der Waals surface area contributed by atoms with Gasteiger partial charge < -0.3 is 15.0 Å². The zero-order valence-corrected chi connectivity index (χ0v) is 14.0. The molecule has 0 aromatic carbocycles. The molecule has 1 saturated heterocycles. The maximum Gasteiger partial charge on any atom is 0.317 e. The summed E-state index contributed by atoms with van der Waals surface area (Å²) in [7, 11) is 0. The maximum absolute atomic E-state index is 12.2. The number of hydrogen-bond donors (Lipinski definition) is 1. The van der Waals surface area contributed by atoms with Crippen molar-refractivity contribution in [3.8, 4) is 0 Å². The van der Waals surface area contributed by atoms with Gasteiger partial charge in [0.25, 0.3) is 0 Å². The summed E-state index contributed by atoms with van der Waals surface area (Å²) >= 11 is 0. The lowest BCUT2D eigenvalue weighted by atomic mass is 10.1. The van der Waals surface area contributed by atoms with Gasteiger partial charge in [0.2, 0.25) is 0 Å². The summed E-state index contributed by atoms with van der Waals surface area (Å²) in [5, 5.41) is 7.43. The van der Waals surface area contributed by atoms with E-state index in [1.165, 1.54) is 5.69 Å². The van der Waals surface area contributed by atoms with E-state index < -0.39 is 0 Å². The lowest BCUT2D eigenvalue weighted by Gasteiger charge is -2.32.